The number of methoxy groups -OCH3 is 1. The van der Waals surface area contributed by atoms with Crippen LogP contribution in [0, 0.1) is 5.92 Å². The molecule has 5 nitrogen and oxygen atoms in total. The van der Waals surface area contributed by atoms with Crippen molar-refractivity contribution in [1.82, 2.24) is 5.06 Å². The summed E-state index contributed by atoms with van der Waals surface area (Å²) in [5.41, 5.74) is 1.15. The Balaban J connectivity index is 2.12. The van der Waals surface area contributed by atoms with Crippen molar-refractivity contribution in [3.63, 3.8) is 0 Å². The molecule has 1 fully saturated rings. The minimum atomic E-state index is -1.93. The zero-order valence-corrected chi connectivity index (χ0v) is 18.1. The van der Waals surface area contributed by atoms with Crippen LogP contribution in [0.5, 0.6) is 0 Å². The van der Waals surface area contributed by atoms with E-state index in [1.165, 1.54) is 7.11 Å². The van der Waals surface area contributed by atoms with Gasteiger partial charge in [0.25, 0.3) is 0 Å². The molecule has 0 bridgehead atoms. The first-order valence-corrected chi connectivity index (χ1v) is 12.2. The highest BCUT2D eigenvalue weighted by atomic mass is 28.4. The SMILES string of the molecule is COC(=O)[C@@H]1ON(Cc2ccccc2)C[C@@H]1[C@H](C)O[Si](C)(C)C(C)(C)C. The Morgan fingerprint density at radius 1 is 1.31 bits per heavy atom. The lowest BCUT2D eigenvalue weighted by atomic mass is 9.98. The molecule has 1 aromatic carbocycles. The maximum absolute atomic E-state index is 12.3. The fourth-order valence-corrected chi connectivity index (χ4v) is 4.42. The fourth-order valence-electron chi connectivity index (χ4n) is 2.96. The molecule has 0 aliphatic carbocycles. The fraction of sp³-hybridized carbons (Fsp3) is 0.650. The molecule has 0 N–H and O–H groups in total. The maximum Gasteiger partial charge on any atom is 0.337 e. The summed E-state index contributed by atoms with van der Waals surface area (Å²) in [6.45, 7) is 14.4. The second-order valence-corrected chi connectivity index (χ2v) is 13.4. The van der Waals surface area contributed by atoms with Crippen LogP contribution in [-0.4, -0.2) is 45.2 Å². The summed E-state index contributed by atoms with van der Waals surface area (Å²) in [5.74, 6) is -0.392. The van der Waals surface area contributed by atoms with Crippen LogP contribution in [0.15, 0.2) is 30.3 Å². The van der Waals surface area contributed by atoms with Crippen molar-refractivity contribution in [2.45, 2.75) is 64.6 Å². The lowest BCUT2D eigenvalue weighted by molar-refractivity contribution is -0.186. The summed E-state index contributed by atoms with van der Waals surface area (Å²) in [4.78, 5) is 18.2. The third-order valence-electron chi connectivity index (χ3n) is 5.59. The van der Waals surface area contributed by atoms with E-state index in [0.29, 0.717) is 13.1 Å². The Morgan fingerprint density at radius 2 is 1.92 bits per heavy atom. The van der Waals surface area contributed by atoms with E-state index in [4.69, 9.17) is 14.0 Å². The van der Waals surface area contributed by atoms with Gasteiger partial charge >= 0.3 is 5.97 Å². The van der Waals surface area contributed by atoms with E-state index in [1.807, 2.05) is 23.3 Å². The normalized spacial score (nSPS) is 23.0. The Bertz CT molecular complexity index is 600. The zero-order chi connectivity index (χ0) is 19.5. The van der Waals surface area contributed by atoms with Gasteiger partial charge in [0.15, 0.2) is 14.4 Å². The van der Waals surface area contributed by atoms with E-state index in [2.05, 4.69) is 52.9 Å². The van der Waals surface area contributed by atoms with Gasteiger partial charge in [0, 0.05) is 25.1 Å². The van der Waals surface area contributed by atoms with Crippen LogP contribution in [0.3, 0.4) is 0 Å². The first-order valence-electron chi connectivity index (χ1n) is 9.26. The minimum Gasteiger partial charge on any atom is -0.467 e. The van der Waals surface area contributed by atoms with E-state index < -0.39 is 14.4 Å². The molecular weight excluding hydrogens is 346 g/mol. The van der Waals surface area contributed by atoms with Crippen LogP contribution in [-0.2, 0) is 25.3 Å². The van der Waals surface area contributed by atoms with Crippen molar-refractivity contribution in [2.24, 2.45) is 5.92 Å². The summed E-state index contributed by atoms with van der Waals surface area (Å²) < 4.78 is 11.5. The van der Waals surface area contributed by atoms with Crippen LogP contribution in [0.2, 0.25) is 18.1 Å². The molecule has 6 heteroatoms. The summed E-state index contributed by atoms with van der Waals surface area (Å²) in [5, 5.41) is 1.97. The number of rotatable bonds is 6. The molecule has 0 saturated carbocycles. The van der Waals surface area contributed by atoms with E-state index in [1.54, 1.807) is 0 Å². The topological polar surface area (TPSA) is 48.0 Å². The van der Waals surface area contributed by atoms with Crippen molar-refractivity contribution in [3.8, 4) is 0 Å². The highest BCUT2D eigenvalue weighted by Crippen LogP contribution is 2.39. The first kappa shape index (κ1) is 21.1. The van der Waals surface area contributed by atoms with Gasteiger partial charge in [-0.05, 0) is 30.6 Å². The zero-order valence-electron chi connectivity index (χ0n) is 17.1. The van der Waals surface area contributed by atoms with Crippen molar-refractivity contribution >= 4 is 14.3 Å². The average Bonchev–Trinajstić information content (AvgIpc) is 2.97. The van der Waals surface area contributed by atoms with Gasteiger partial charge < -0.3 is 9.16 Å². The van der Waals surface area contributed by atoms with Crippen LogP contribution < -0.4 is 0 Å². The molecule has 1 aliphatic rings. The highest BCUT2D eigenvalue weighted by molar-refractivity contribution is 6.74. The van der Waals surface area contributed by atoms with Crippen molar-refractivity contribution in [2.75, 3.05) is 13.7 Å². The third-order valence-corrected chi connectivity index (χ3v) is 10.2. The van der Waals surface area contributed by atoms with E-state index in [0.717, 1.165) is 5.56 Å². The molecule has 26 heavy (non-hydrogen) atoms. The van der Waals surface area contributed by atoms with Crippen molar-refractivity contribution in [3.05, 3.63) is 35.9 Å². The molecule has 1 aromatic rings. The molecule has 0 radical (unpaired) electrons. The van der Waals surface area contributed by atoms with E-state index >= 15 is 0 Å². The summed E-state index contributed by atoms with van der Waals surface area (Å²) in [6, 6.07) is 10.1. The number of hydroxylamine groups is 2. The van der Waals surface area contributed by atoms with Gasteiger partial charge in [-0.3, -0.25) is 4.84 Å². The second-order valence-electron chi connectivity index (χ2n) is 8.60. The third kappa shape index (κ3) is 4.94. The monoisotopic (exact) mass is 379 g/mol. The van der Waals surface area contributed by atoms with Gasteiger partial charge in [-0.15, -0.1) is 0 Å². The maximum atomic E-state index is 12.3. The number of esters is 1. The molecule has 0 amide bonds. The molecule has 3 atom stereocenters. The number of carbonyl (C=O) groups excluding carboxylic acids is 1. The van der Waals surface area contributed by atoms with Gasteiger partial charge in [-0.2, -0.15) is 5.06 Å². The molecule has 0 unspecified atom stereocenters. The summed E-state index contributed by atoms with van der Waals surface area (Å²) in [6.07, 6.45) is -0.704. The number of benzene rings is 1. The minimum absolute atomic E-state index is 0.0553. The standard InChI is InChI=1S/C20H33NO4Si/c1-15(25-26(6,7)20(2,3)4)17-14-21(24-18(17)19(22)23-5)13-16-11-9-8-10-12-16/h8-12,15,17-18H,13-14H2,1-7H3/t15-,17+,18+/m0/s1. The molecule has 1 aliphatic heterocycles. The largest absolute Gasteiger partial charge is 0.467 e. The van der Waals surface area contributed by atoms with Gasteiger partial charge in [0.2, 0.25) is 0 Å². The molecule has 0 spiro atoms. The van der Waals surface area contributed by atoms with Crippen molar-refractivity contribution < 1.29 is 18.8 Å². The second kappa shape index (κ2) is 8.21. The molecule has 1 heterocycles. The van der Waals surface area contributed by atoms with Crippen LogP contribution >= 0.6 is 0 Å². The predicted octanol–water partition coefficient (Wildman–Crippen LogP) is 4.00. The Labute approximate surface area is 158 Å². The molecule has 1 saturated heterocycles. The molecule has 2 rings (SSSR count). The number of nitrogens with zero attached hydrogens (tertiary/aromatic N) is 1. The molecular formula is C20H33NO4Si. The predicted molar refractivity (Wildman–Crippen MR) is 105 cm³/mol. The van der Waals surface area contributed by atoms with Gasteiger partial charge in [-0.25, -0.2) is 4.79 Å². The van der Waals surface area contributed by atoms with E-state index in [-0.39, 0.29) is 23.0 Å². The summed E-state index contributed by atoms with van der Waals surface area (Å²) in [7, 11) is -0.528. The van der Waals surface area contributed by atoms with Gasteiger partial charge in [0.1, 0.15) is 0 Å². The number of hydrogen-bond donors (Lipinski definition) is 0. The first-order chi connectivity index (χ1) is 12.0. The Morgan fingerprint density at radius 3 is 2.46 bits per heavy atom. The molecule has 146 valence electrons. The Kier molecular flexibility index (Phi) is 6.66. The van der Waals surface area contributed by atoms with Crippen molar-refractivity contribution in [1.29, 1.82) is 0 Å². The van der Waals surface area contributed by atoms with Crippen LogP contribution in [0.1, 0.15) is 33.3 Å². The number of hydrogen-bond acceptors (Lipinski definition) is 5. The highest BCUT2D eigenvalue weighted by Gasteiger charge is 2.46. The lowest BCUT2D eigenvalue weighted by Gasteiger charge is -2.40. The lowest BCUT2D eigenvalue weighted by Crippen LogP contribution is -2.47. The van der Waals surface area contributed by atoms with Crippen LogP contribution in [0.25, 0.3) is 0 Å². The van der Waals surface area contributed by atoms with Crippen LogP contribution in [0.4, 0.5) is 0 Å². The van der Waals surface area contributed by atoms with E-state index in [9.17, 15) is 4.79 Å². The number of ether oxygens (including phenoxy) is 1. The Hall–Kier alpha value is -1.21. The number of carbonyl (C=O) groups is 1. The summed E-state index contributed by atoms with van der Waals surface area (Å²) >= 11 is 0. The van der Waals surface area contributed by atoms with Gasteiger partial charge in [-0.1, -0.05) is 51.1 Å². The average molecular weight is 380 g/mol. The smallest absolute Gasteiger partial charge is 0.337 e. The molecule has 0 aromatic heterocycles. The van der Waals surface area contributed by atoms with Gasteiger partial charge in [0.05, 0.1) is 7.11 Å². The quantitative estimate of drug-likeness (QED) is 0.552.